The number of hydrogen-bond donors (Lipinski definition) is 0. The van der Waals surface area contributed by atoms with Crippen molar-refractivity contribution in [3.8, 4) is 29.1 Å². The topological polar surface area (TPSA) is 54.0 Å². The molecule has 0 spiro atoms. The molecule has 7 heteroatoms. The first-order valence-electron chi connectivity index (χ1n) is 9.00. The molecule has 29 heavy (non-hydrogen) atoms. The molecule has 3 rings (SSSR count). The molecule has 0 saturated carbocycles. The molecule has 0 bridgehead atoms. The third kappa shape index (κ3) is 5.59. The van der Waals surface area contributed by atoms with Crippen LogP contribution in [0.3, 0.4) is 0 Å². The second kappa shape index (κ2) is 9.91. The van der Waals surface area contributed by atoms with E-state index in [1.807, 2.05) is 24.3 Å². The Morgan fingerprint density at radius 1 is 1.34 bits per heavy atom. The Bertz CT molecular complexity index is 933. The molecular formula is C22H20BrClO5. The van der Waals surface area contributed by atoms with Gasteiger partial charge in [-0.05, 0) is 46.6 Å². The molecule has 0 fully saturated rings. The predicted molar refractivity (Wildman–Crippen MR) is 114 cm³/mol. The minimum Gasteiger partial charge on any atom is -0.490 e. The Morgan fingerprint density at radius 2 is 2.10 bits per heavy atom. The number of rotatable bonds is 6. The lowest BCUT2D eigenvalue weighted by Crippen LogP contribution is -2.34. The van der Waals surface area contributed by atoms with Gasteiger partial charge in [0.05, 0.1) is 23.9 Å². The molecule has 0 aromatic heterocycles. The van der Waals surface area contributed by atoms with Gasteiger partial charge in [-0.3, -0.25) is 4.79 Å². The van der Waals surface area contributed by atoms with Crippen LogP contribution >= 0.6 is 27.5 Å². The van der Waals surface area contributed by atoms with Crippen LogP contribution in [-0.4, -0.2) is 32.4 Å². The van der Waals surface area contributed by atoms with Gasteiger partial charge < -0.3 is 18.9 Å². The second-order valence-electron chi connectivity index (χ2n) is 6.37. The van der Waals surface area contributed by atoms with Gasteiger partial charge >= 0.3 is 5.97 Å². The van der Waals surface area contributed by atoms with Crippen molar-refractivity contribution in [1.29, 1.82) is 0 Å². The molecule has 0 saturated heterocycles. The fraction of sp³-hybridized carbons (Fsp3) is 0.318. The normalized spacial score (nSPS) is 15.7. The number of carbonyl (C=O) groups is 1. The average molecular weight is 480 g/mol. The maximum absolute atomic E-state index is 11.6. The lowest BCUT2D eigenvalue weighted by Gasteiger charge is -2.27. The van der Waals surface area contributed by atoms with Crippen molar-refractivity contribution in [2.24, 2.45) is 0 Å². The summed E-state index contributed by atoms with van der Waals surface area (Å²) in [4.78, 5) is 11.6. The Morgan fingerprint density at radius 3 is 2.79 bits per heavy atom. The lowest BCUT2D eigenvalue weighted by molar-refractivity contribution is -0.140. The largest absolute Gasteiger partial charge is 0.490 e. The number of ether oxygens (including phenoxy) is 4. The molecule has 2 aromatic rings. The standard InChI is InChI=1S/C22H20BrClO5/c1-3-4-15(9-21(25)26-2)14-5-7-17(8-6-14)27-12-18-13-28-22-19(23)10-16(24)11-20(22)29-18/h5-8,10-11,15,18H,9,12-13H2,1-2H3/t15-,18-/m0/s1. The Balaban J connectivity index is 1.60. The third-order valence-electron chi connectivity index (χ3n) is 4.32. The van der Waals surface area contributed by atoms with E-state index in [1.54, 1.807) is 19.1 Å². The summed E-state index contributed by atoms with van der Waals surface area (Å²) < 4.78 is 23.0. The van der Waals surface area contributed by atoms with Crippen molar-refractivity contribution < 1.29 is 23.7 Å². The van der Waals surface area contributed by atoms with Crippen LogP contribution in [0.2, 0.25) is 5.02 Å². The fourth-order valence-corrected chi connectivity index (χ4v) is 3.79. The number of esters is 1. The number of hydrogen-bond acceptors (Lipinski definition) is 5. The Kier molecular flexibility index (Phi) is 7.29. The summed E-state index contributed by atoms with van der Waals surface area (Å²) in [6.07, 6.45) is -0.0481. The number of carbonyl (C=O) groups excluding carboxylic acids is 1. The SMILES string of the molecule is CC#C[C@@H](CC(=O)OC)c1ccc(OC[C@H]2COc3c(Br)cc(Cl)cc3O2)cc1. The summed E-state index contributed by atoms with van der Waals surface area (Å²) in [7, 11) is 1.37. The van der Waals surface area contributed by atoms with Gasteiger partial charge in [0.1, 0.15) is 19.0 Å². The van der Waals surface area contributed by atoms with E-state index >= 15 is 0 Å². The fourth-order valence-electron chi connectivity index (χ4n) is 2.90. The first-order chi connectivity index (χ1) is 14.0. The van der Waals surface area contributed by atoms with E-state index in [2.05, 4.69) is 27.8 Å². The molecule has 1 heterocycles. The second-order valence-corrected chi connectivity index (χ2v) is 7.66. The number of benzene rings is 2. The first kappa shape index (κ1) is 21.4. The maximum atomic E-state index is 11.6. The molecule has 0 amide bonds. The molecule has 0 radical (unpaired) electrons. The van der Waals surface area contributed by atoms with Crippen LogP contribution in [0.5, 0.6) is 17.2 Å². The monoisotopic (exact) mass is 478 g/mol. The first-order valence-corrected chi connectivity index (χ1v) is 10.2. The quantitative estimate of drug-likeness (QED) is 0.431. The zero-order valence-electron chi connectivity index (χ0n) is 16.0. The molecule has 2 aromatic carbocycles. The third-order valence-corrected chi connectivity index (χ3v) is 5.12. The summed E-state index contributed by atoms with van der Waals surface area (Å²) in [5.74, 6) is 7.32. The van der Waals surface area contributed by atoms with Gasteiger partial charge in [0.15, 0.2) is 17.6 Å². The highest BCUT2D eigenvalue weighted by Crippen LogP contribution is 2.41. The van der Waals surface area contributed by atoms with Crippen LogP contribution in [0.4, 0.5) is 0 Å². The lowest BCUT2D eigenvalue weighted by atomic mass is 9.96. The molecule has 0 unspecified atom stereocenters. The van der Waals surface area contributed by atoms with Crippen LogP contribution in [-0.2, 0) is 9.53 Å². The minimum absolute atomic E-state index is 0.211. The van der Waals surface area contributed by atoms with E-state index in [0.29, 0.717) is 35.5 Å². The zero-order chi connectivity index (χ0) is 20.8. The molecule has 1 aliphatic heterocycles. The van der Waals surface area contributed by atoms with Gasteiger partial charge in [-0.15, -0.1) is 5.92 Å². The van der Waals surface area contributed by atoms with Crippen LogP contribution in [0.15, 0.2) is 40.9 Å². The van der Waals surface area contributed by atoms with Gasteiger partial charge in [0, 0.05) is 11.1 Å². The smallest absolute Gasteiger partial charge is 0.307 e. The van der Waals surface area contributed by atoms with Crippen molar-refractivity contribution in [2.45, 2.75) is 25.4 Å². The van der Waals surface area contributed by atoms with E-state index in [4.69, 9.17) is 30.5 Å². The molecule has 2 atom stereocenters. The van der Waals surface area contributed by atoms with Gasteiger partial charge in [0.2, 0.25) is 0 Å². The summed E-state index contributed by atoms with van der Waals surface area (Å²) >= 11 is 9.49. The molecular weight excluding hydrogens is 460 g/mol. The highest BCUT2D eigenvalue weighted by atomic mass is 79.9. The van der Waals surface area contributed by atoms with Crippen molar-refractivity contribution >= 4 is 33.5 Å². The average Bonchev–Trinajstić information content (AvgIpc) is 2.71. The van der Waals surface area contributed by atoms with Crippen molar-refractivity contribution in [3.05, 3.63) is 51.5 Å². The Hall–Kier alpha value is -2.36. The summed E-state index contributed by atoms with van der Waals surface area (Å²) in [5.41, 5.74) is 0.933. The van der Waals surface area contributed by atoms with Gasteiger partial charge in [-0.25, -0.2) is 0 Å². The van der Waals surface area contributed by atoms with Crippen LogP contribution < -0.4 is 14.2 Å². The maximum Gasteiger partial charge on any atom is 0.307 e. The molecule has 152 valence electrons. The number of fused-ring (bicyclic) bond motifs is 1. The zero-order valence-corrected chi connectivity index (χ0v) is 18.4. The van der Waals surface area contributed by atoms with E-state index in [-0.39, 0.29) is 24.4 Å². The van der Waals surface area contributed by atoms with Crippen molar-refractivity contribution in [3.63, 3.8) is 0 Å². The highest BCUT2D eigenvalue weighted by Gasteiger charge is 2.24. The van der Waals surface area contributed by atoms with Crippen LogP contribution in [0.1, 0.15) is 24.8 Å². The van der Waals surface area contributed by atoms with E-state index in [0.717, 1.165) is 10.0 Å². The van der Waals surface area contributed by atoms with Gasteiger partial charge in [-0.1, -0.05) is 29.7 Å². The molecule has 0 aliphatic carbocycles. The molecule has 0 N–H and O–H groups in total. The summed E-state index contributed by atoms with van der Waals surface area (Å²) in [6, 6.07) is 11.0. The summed E-state index contributed by atoms with van der Waals surface area (Å²) in [5, 5.41) is 0.563. The molecule has 1 aliphatic rings. The summed E-state index contributed by atoms with van der Waals surface area (Å²) in [6.45, 7) is 2.44. The molecule has 5 nitrogen and oxygen atoms in total. The minimum atomic E-state index is -0.292. The highest BCUT2D eigenvalue weighted by molar-refractivity contribution is 9.10. The van der Waals surface area contributed by atoms with E-state index < -0.39 is 0 Å². The number of methoxy groups -OCH3 is 1. The van der Waals surface area contributed by atoms with E-state index in [9.17, 15) is 4.79 Å². The van der Waals surface area contributed by atoms with E-state index in [1.165, 1.54) is 7.11 Å². The van der Waals surface area contributed by atoms with Gasteiger partial charge in [0.25, 0.3) is 0 Å². The van der Waals surface area contributed by atoms with Crippen molar-refractivity contribution in [1.82, 2.24) is 0 Å². The van der Waals surface area contributed by atoms with Gasteiger partial charge in [-0.2, -0.15) is 0 Å². The van der Waals surface area contributed by atoms with Crippen LogP contribution in [0.25, 0.3) is 0 Å². The Labute approximate surface area is 183 Å². The predicted octanol–water partition coefficient (Wildman–Crippen LogP) is 4.99. The number of halogens is 2. The van der Waals surface area contributed by atoms with Crippen molar-refractivity contribution in [2.75, 3.05) is 20.3 Å². The van der Waals surface area contributed by atoms with Crippen LogP contribution in [0, 0.1) is 11.8 Å².